The summed E-state index contributed by atoms with van der Waals surface area (Å²) < 4.78 is 6.68. The van der Waals surface area contributed by atoms with Gasteiger partial charge in [-0.2, -0.15) is 0 Å². The van der Waals surface area contributed by atoms with Gasteiger partial charge in [0.05, 0.1) is 5.70 Å². The number of aliphatic imine (C=N–C) groups is 1. The van der Waals surface area contributed by atoms with Gasteiger partial charge >= 0.3 is 0 Å². The van der Waals surface area contributed by atoms with E-state index in [0.29, 0.717) is 12.4 Å². The predicted molar refractivity (Wildman–Crippen MR) is 183 cm³/mol. The zero-order valence-corrected chi connectivity index (χ0v) is 27.3. The molecule has 7 heteroatoms. The van der Waals surface area contributed by atoms with Crippen molar-refractivity contribution in [2.24, 2.45) is 10.7 Å². The largest absolute Gasteiger partial charge is 0.472 e. The summed E-state index contributed by atoms with van der Waals surface area (Å²) in [5.74, 6) is 0.595. The van der Waals surface area contributed by atoms with Crippen LogP contribution in [0.2, 0.25) is 0 Å². The van der Waals surface area contributed by atoms with Crippen molar-refractivity contribution in [2.75, 3.05) is 39.8 Å². The fraction of sp³-hybridized carbons (Fsp3) is 0.457. The molecule has 6 nitrogen and oxygen atoms in total. The first kappa shape index (κ1) is 33.7. The molecule has 0 aromatic heterocycles. The second kappa shape index (κ2) is 17.3. The lowest BCUT2D eigenvalue weighted by molar-refractivity contribution is 0.127. The number of allylic oxidation sites excluding steroid dienone is 12. The van der Waals surface area contributed by atoms with Gasteiger partial charge in [0.1, 0.15) is 6.10 Å². The molecule has 3 N–H and O–H groups in total. The molecule has 0 aromatic carbocycles. The smallest absolute Gasteiger partial charge is 0.214 e. The zero-order chi connectivity index (χ0) is 30.5. The maximum Gasteiger partial charge on any atom is 0.214 e. The normalized spacial score (nSPS) is 21.0. The van der Waals surface area contributed by atoms with Crippen LogP contribution in [0.15, 0.2) is 110 Å². The standard InChI is InChI=1S/C35H51N5OS/c1-7-9-10-11-14-26(3)24-40(8-2)25-30(23-37-22-29-17-13-18-31(42)20-19-29)41-33-21-32(39(6)35(36)38-33)34-27(4)15-12-16-28(34)5/h7,9-11,13-15,17-18,20-21,30,35,37,42H,8,12,16,19,22-25,36H2,1-6H3/b9-7-,11-10-,26-14+. The molecule has 0 bridgehead atoms. The van der Waals surface area contributed by atoms with E-state index in [1.54, 1.807) is 0 Å². The lowest BCUT2D eigenvalue weighted by Gasteiger charge is -2.35. The van der Waals surface area contributed by atoms with Gasteiger partial charge in [0.15, 0.2) is 6.29 Å². The number of rotatable bonds is 13. The Morgan fingerprint density at radius 2 is 2.10 bits per heavy atom. The number of thiol groups is 1. The first-order chi connectivity index (χ1) is 20.2. The van der Waals surface area contributed by atoms with Crippen LogP contribution in [0.1, 0.15) is 53.9 Å². The van der Waals surface area contributed by atoms with Crippen LogP contribution in [0.25, 0.3) is 0 Å². The number of hydrogen-bond donors (Lipinski definition) is 3. The number of nitrogens with one attached hydrogen (secondary N) is 1. The summed E-state index contributed by atoms with van der Waals surface area (Å²) in [5, 5.41) is 3.65. The minimum atomic E-state index is -0.495. The molecular formula is C35H51N5OS. The fourth-order valence-electron chi connectivity index (χ4n) is 5.31. The summed E-state index contributed by atoms with van der Waals surface area (Å²) in [6, 6.07) is 0. The van der Waals surface area contributed by atoms with E-state index in [4.69, 9.17) is 15.5 Å². The van der Waals surface area contributed by atoms with Crippen LogP contribution < -0.4 is 11.1 Å². The molecule has 0 saturated heterocycles. The van der Waals surface area contributed by atoms with Crippen molar-refractivity contribution in [2.45, 2.75) is 66.3 Å². The van der Waals surface area contributed by atoms with Gasteiger partial charge in [0.2, 0.25) is 5.90 Å². The fourth-order valence-corrected chi connectivity index (χ4v) is 5.48. The highest BCUT2D eigenvalue weighted by Crippen LogP contribution is 2.33. The van der Waals surface area contributed by atoms with E-state index in [1.807, 2.05) is 37.1 Å². The molecule has 2 unspecified atom stereocenters. The maximum atomic E-state index is 6.68. The van der Waals surface area contributed by atoms with Crippen LogP contribution in [0.4, 0.5) is 0 Å². The summed E-state index contributed by atoms with van der Waals surface area (Å²) >= 11 is 4.49. The second-order valence-electron chi connectivity index (χ2n) is 11.2. The molecule has 3 rings (SSSR count). The van der Waals surface area contributed by atoms with Gasteiger partial charge in [0, 0.05) is 44.2 Å². The Hall–Kier alpha value is -2.84. The van der Waals surface area contributed by atoms with Crippen LogP contribution in [0, 0.1) is 0 Å². The lowest BCUT2D eigenvalue weighted by Crippen LogP contribution is -2.45. The van der Waals surface area contributed by atoms with Crippen molar-refractivity contribution in [3.05, 3.63) is 105 Å². The molecule has 0 aromatic rings. The highest BCUT2D eigenvalue weighted by atomic mass is 32.1. The summed E-state index contributed by atoms with van der Waals surface area (Å²) in [6.45, 7) is 14.8. The zero-order valence-electron chi connectivity index (χ0n) is 26.4. The first-order valence-corrected chi connectivity index (χ1v) is 15.6. The Balaban J connectivity index is 1.79. The highest BCUT2D eigenvalue weighted by Gasteiger charge is 2.27. The van der Waals surface area contributed by atoms with E-state index in [0.717, 1.165) is 56.0 Å². The Bertz CT molecular complexity index is 1240. The van der Waals surface area contributed by atoms with Gasteiger partial charge in [-0.1, -0.05) is 78.3 Å². The van der Waals surface area contributed by atoms with Crippen LogP contribution in [0.3, 0.4) is 0 Å². The minimum absolute atomic E-state index is 0.112. The second-order valence-corrected chi connectivity index (χ2v) is 11.8. The lowest BCUT2D eigenvalue weighted by atomic mass is 9.89. The molecule has 0 spiro atoms. The first-order valence-electron chi connectivity index (χ1n) is 15.2. The van der Waals surface area contributed by atoms with E-state index in [9.17, 15) is 0 Å². The molecule has 0 fully saturated rings. The van der Waals surface area contributed by atoms with E-state index in [1.165, 1.54) is 27.9 Å². The summed E-state index contributed by atoms with van der Waals surface area (Å²) in [7, 11) is 2.01. The molecule has 1 aliphatic heterocycles. The molecular weight excluding hydrogens is 538 g/mol. The molecule has 0 saturated carbocycles. The highest BCUT2D eigenvalue weighted by molar-refractivity contribution is 7.84. The van der Waals surface area contributed by atoms with Gasteiger partial charge < -0.3 is 15.0 Å². The van der Waals surface area contributed by atoms with Crippen molar-refractivity contribution in [3.63, 3.8) is 0 Å². The van der Waals surface area contributed by atoms with Crippen LogP contribution in [0.5, 0.6) is 0 Å². The van der Waals surface area contributed by atoms with Gasteiger partial charge in [-0.25, -0.2) is 4.99 Å². The number of ether oxygens (including phenoxy) is 1. The monoisotopic (exact) mass is 589 g/mol. The number of nitrogens with two attached hydrogens (primary N) is 1. The predicted octanol–water partition coefficient (Wildman–Crippen LogP) is 6.59. The van der Waals surface area contributed by atoms with Gasteiger partial charge in [0.25, 0.3) is 0 Å². The van der Waals surface area contributed by atoms with Crippen LogP contribution in [-0.4, -0.2) is 67.9 Å². The quantitative estimate of drug-likeness (QED) is 0.167. The number of hydrogen-bond acceptors (Lipinski definition) is 7. The van der Waals surface area contributed by atoms with Crippen LogP contribution >= 0.6 is 12.6 Å². The molecule has 0 amide bonds. The topological polar surface area (TPSA) is 66.1 Å². The Labute approximate surface area is 259 Å². The summed E-state index contributed by atoms with van der Waals surface area (Å²) in [6.07, 6.45) is 25.6. The van der Waals surface area contributed by atoms with E-state index in [-0.39, 0.29) is 6.10 Å². The average molecular weight is 590 g/mol. The SMILES string of the molecule is C\C=C/C=C\C=C(/C)CN(CC)CC(CNCC1=CC=CC(S)=CC1)OC1=NC(N)N(C)C(C2=C(C)CCC=C2C)=C1. The third-order valence-corrected chi connectivity index (χ3v) is 8.04. The van der Waals surface area contributed by atoms with Gasteiger partial charge in [-0.3, -0.25) is 10.6 Å². The van der Waals surface area contributed by atoms with Crippen molar-refractivity contribution >= 4 is 18.5 Å². The molecule has 1 heterocycles. The van der Waals surface area contributed by atoms with E-state index < -0.39 is 6.29 Å². The molecule has 228 valence electrons. The van der Waals surface area contributed by atoms with E-state index >= 15 is 0 Å². The maximum absolute atomic E-state index is 6.68. The number of nitrogens with zero attached hydrogens (tertiary/aromatic N) is 3. The summed E-state index contributed by atoms with van der Waals surface area (Å²) in [5.41, 5.74) is 14.1. The third kappa shape index (κ3) is 10.5. The average Bonchev–Trinajstić information content (AvgIpc) is 3.16. The Kier molecular flexibility index (Phi) is 13.9. The Morgan fingerprint density at radius 1 is 1.29 bits per heavy atom. The van der Waals surface area contributed by atoms with Gasteiger partial charge in [-0.15, -0.1) is 12.6 Å². The van der Waals surface area contributed by atoms with Gasteiger partial charge in [-0.05, 0) is 70.7 Å². The number of likely N-dealkylation sites (N-methyl/N-ethyl adjacent to an activating group) is 2. The van der Waals surface area contributed by atoms with Crippen molar-refractivity contribution < 1.29 is 4.74 Å². The minimum Gasteiger partial charge on any atom is -0.472 e. The third-order valence-electron chi connectivity index (χ3n) is 7.70. The molecule has 42 heavy (non-hydrogen) atoms. The molecule has 0 radical (unpaired) electrons. The van der Waals surface area contributed by atoms with E-state index in [2.05, 4.69) is 99.1 Å². The Morgan fingerprint density at radius 3 is 2.83 bits per heavy atom. The molecule has 2 atom stereocenters. The van der Waals surface area contributed by atoms with Crippen molar-refractivity contribution in [1.82, 2.24) is 15.1 Å². The molecule has 2 aliphatic carbocycles. The summed E-state index contributed by atoms with van der Waals surface area (Å²) in [4.78, 5) is 10.2. The molecule has 3 aliphatic rings. The van der Waals surface area contributed by atoms with Crippen molar-refractivity contribution in [3.8, 4) is 0 Å². The van der Waals surface area contributed by atoms with Crippen molar-refractivity contribution in [1.29, 1.82) is 0 Å². The van der Waals surface area contributed by atoms with Crippen LogP contribution in [-0.2, 0) is 4.74 Å².